The second-order valence-electron chi connectivity index (χ2n) is 5.86. The van der Waals surface area contributed by atoms with Crippen LogP contribution in [0.25, 0.3) is 10.8 Å². The number of rotatable bonds is 6. The summed E-state index contributed by atoms with van der Waals surface area (Å²) in [5, 5.41) is 5.03. The molecule has 1 atom stereocenters. The minimum Gasteiger partial charge on any atom is -0.497 e. The van der Waals surface area contributed by atoms with E-state index in [-0.39, 0.29) is 16.9 Å². The van der Waals surface area contributed by atoms with Gasteiger partial charge in [0.25, 0.3) is 6.47 Å². The zero-order chi connectivity index (χ0) is 24.2. The summed E-state index contributed by atoms with van der Waals surface area (Å²) in [6, 6.07) is 12.1. The smallest absolute Gasteiger partial charge is 0.293 e. The third-order valence-corrected chi connectivity index (χ3v) is 4.54. The first-order chi connectivity index (χ1) is 14.8. The van der Waals surface area contributed by atoms with Gasteiger partial charge in [-0.05, 0) is 48.6 Å². The van der Waals surface area contributed by atoms with Crippen LogP contribution in [0.2, 0.25) is 0 Å². The zero-order valence-electron chi connectivity index (χ0n) is 20.0. The molecule has 0 spiro atoms. The van der Waals surface area contributed by atoms with Crippen molar-refractivity contribution in [1.82, 2.24) is 5.32 Å². The standard InChI is InChI=1S/C15H16O2S.C4H9NO.C3H6O2.C2H6/c1-10(15(16)18-3)11-4-5-13-9-14(17-2)7-6-12(13)8-11;1-3-5-4(2)6;1-2-5-3-4;1-2/h4-10H,1-3H3;3H2,1-2H3,(H,5,6);3H,2H2,1H3;1-2H3. The fraction of sp³-hybridized carbons (Fsp3) is 0.458. The van der Waals surface area contributed by atoms with Gasteiger partial charge in [-0.3, -0.25) is 14.4 Å². The molecule has 2 aromatic rings. The van der Waals surface area contributed by atoms with Gasteiger partial charge in [-0.25, -0.2) is 0 Å². The van der Waals surface area contributed by atoms with E-state index in [1.54, 1.807) is 14.0 Å². The molecule has 2 rings (SSSR count). The van der Waals surface area contributed by atoms with Crippen molar-refractivity contribution in [3.63, 3.8) is 0 Å². The molecule has 1 unspecified atom stereocenters. The highest BCUT2D eigenvalue weighted by Gasteiger charge is 2.14. The fourth-order valence-corrected chi connectivity index (χ4v) is 2.76. The Bertz CT molecular complexity index is 780. The third kappa shape index (κ3) is 13.4. The molecule has 0 heterocycles. The molecule has 0 aliphatic carbocycles. The van der Waals surface area contributed by atoms with Crippen LogP contribution in [0.3, 0.4) is 0 Å². The predicted molar refractivity (Wildman–Crippen MR) is 131 cm³/mol. The maximum absolute atomic E-state index is 11.7. The molecule has 1 N–H and O–H groups in total. The molecule has 0 aromatic heterocycles. The van der Waals surface area contributed by atoms with Crippen molar-refractivity contribution in [2.45, 2.75) is 47.5 Å². The molecule has 6 nitrogen and oxygen atoms in total. The third-order valence-electron chi connectivity index (χ3n) is 3.79. The summed E-state index contributed by atoms with van der Waals surface area (Å²) in [6.07, 6.45) is 1.82. The molecule has 174 valence electrons. The molecule has 2 aromatic carbocycles. The Morgan fingerprint density at radius 3 is 2.06 bits per heavy atom. The number of fused-ring (bicyclic) bond motifs is 1. The second-order valence-corrected chi connectivity index (χ2v) is 6.67. The van der Waals surface area contributed by atoms with Gasteiger partial charge in [0, 0.05) is 13.5 Å². The average Bonchev–Trinajstić information content (AvgIpc) is 2.80. The number of amides is 1. The van der Waals surface area contributed by atoms with Crippen LogP contribution < -0.4 is 10.1 Å². The second kappa shape index (κ2) is 19.4. The Kier molecular flexibility index (Phi) is 19.2. The van der Waals surface area contributed by atoms with Gasteiger partial charge >= 0.3 is 0 Å². The van der Waals surface area contributed by atoms with Crippen LogP contribution in [0.4, 0.5) is 0 Å². The lowest BCUT2D eigenvalue weighted by Gasteiger charge is -2.10. The molecule has 0 fully saturated rings. The van der Waals surface area contributed by atoms with Gasteiger partial charge in [-0.2, -0.15) is 0 Å². The van der Waals surface area contributed by atoms with Crippen molar-refractivity contribution in [3.05, 3.63) is 42.0 Å². The van der Waals surface area contributed by atoms with Crippen LogP contribution in [-0.4, -0.2) is 44.0 Å². The first-order valence-electron chi connectivity index (χ1n) is 10.3. The topological polar surface area (TPSA) is 81.7 Å². The van der Waals surface area contributed by atoms with Gasteiger partial charge in [-0.15, -0.1) is 0 Å². The van der Waals surface area contributed by atoms with Gasteiger partial charge in [-0.1, -0.05) is 56.8 Å². The highest BCUT2D eigenvalue weighted by molar-refractivity contribution is 8.13. The first-order valence-corrected chi connectivity index (χ1v) is 11.5. The van der Waals surface area contributed by atoms with Gasteiger partial charge in [0.2, 0.25) is 5.91 Å². The zero-order valence-corrected chi connectivity index (χ0v) is 20.8. The average molecular weight is 452 g/mol. The largest absolute Gasteiger partial charge is 0.497 e. The number of benzene rings is 2. The number of ether oxygens (including phenoxy) is 2. The Labute approximate surface area is 191 Å². The number of hydrogen-bond acceptors (Lipinski definition) is 6. The van der Waals surface area contributed by atoms with Gasteiger partial charge in [0.15, 0.2) is 5.12 Å². The minimum absolute atomic E-state index is 0.0394. The summed E-state index contributed by atoms with van der Waals surface area (Å²) < 4.78 is 9.35. The number of hydrogen-bond donors (Lipinski definition) is 1. The maximum Gasteiger partial charge on any atom is 0.293 e. The van der Waals surface area contributed by atoms with Crippen molar-refractivity contribution in [2.75, 3.05) is 26.5 Å². The quantitative estimate of drug-likeness (QED) is 0.609. The molecule has 0 bridgehead atoms. The van der Waals surface area contributed by atoms with E-state index >= 15 is 0 Å². The van der Waals surface area contributed by atoms with Crippen LogP contribution in [0.15, 0.2) is 36.4 Å². The monoisotopic (exact) mass is 451 g/mol. The molecule has 0 aliphatic rings. The van der Waals surface area contributed by atoms with E-state index in [1.807, 2.05) is 64.3 Å². The number of thioether (sulfide) groups is 1. The number of carbonyl (C=O) groups is 3. The predicted octanol–water partition coefficient (Wildman–Crippen LogP) is 5.19. The molecule has 31 heavy (non-hydrogen) atoms. The van der Waals surface area contributed by atoms with Crippen molar-refractivity contribution in [2.24, 2.45) is 0 Å². The van der Waals surface area contributed by atoms with Crippen molar-refractivity contribution in [1.29, 1.82) is 0 Å². The van der Waals surface area contributed by atoms with Gasteiger partial charge < -0.3 is 14.8 Å². The molecule has 1 amide bonds. The molecule has 0 radical (unpaired) electrons. The Morgan fingerprint density at radius 2 is 1.68 bits per heavy atom. The normalized spacial score (nSPS) is 9.94. The molecule has 0 saturated heterocycles. The van der Waals surface area contributed by atoms with Gasteiger partial charge in [0.05, 0.1) is 19.6 Å². The van der Waals surface area contributed by atoms with Gasteiger partial charge in [0.1, 0.15) is 5.75 Å². The highest BCUT2D eigenvalue weighted by atomic mass is 32.2. The summed E-state index contributed by atoms with van der Waals surface area (Å²) in [5.74, 6) is 0.826. The Morgan fingerprint density at radius 1 is 1.10 bits per heavy atom. The lowest BCUT2D eigenvalue weighted by Crippen LogP contribution is -2.18. The molecule has 0 aliphatic heterocycles. The SMILES string of the molecule is CC.CCNC(C)=O.CCOC=O.COc1ccc2cc(C(C)C(=O)SC)ccc2c1. The summed E-state index contributed by atoms with van der Waals surface area (Å²) in [5.41, 5.74) is 1.06. The van der Waals surface area contributed by atoms with Crippen LogP contribution >= 0.6 is 11.8 Å². The van der Waals surface area contributed by atoms with E-state index < -0.39 is 0 Å². The van der Waals surface area contributed by atoms with E-state index in [1.165, 1.54) is 18.7 Å². The molecular weight excluding hydrogens is 414 g/mol. The van der Waals surface area contributed by atoms with E-state index in [4.69, 9.17) is 4.74 Å². The van der Waals surface area contributed by atoms with E-state index in [9.17, 15) is 14.4 Å². The first kappa shape index (κ1) is 30.7. The number of methoxy groups -OCH3 is 1. The van der Waals surface area contributed by atoms with E-state index in [0.29, 0.717) is 13.1 Å². The summed E-state index contributed by atoms with van der Waals surface area (Å²) in [6.45, 7) is 12.7. The number of carbonyl (C=O) groups excluding carboxylic acids is 3. The summed E-state index contributed by atoms with van der Waals surface area (Å²) in [4.78, 5) is 30.8. The van der Waals surface area contributed by atoms with Crippen LogP contribution in [0.5, 0.6) is 5.75 Å². The van der Waals surface area contributed by atoms with Crippen LogP contribution in [0, 0.1) is 0 Å². The van der Waals surface area contributed by atoms with E-state index in [0.717, 1.165) is 28.6 Å². The molecular formula is C24H37NO5S. The lowest BCUT2D eigenvalue weighted by molar-refractivity contribution is -0.128. The number of nitrogens with one attached hydrogen (secondary N) is 1. The maximum atomic E-state index is 11.7. The summed E-state index contributed by atoms with van der Waals surface area (Å²) in [7, 11) is 1.66. The van der Waals surface area contributed by atoms with Crippen LogP contribution in [0.1, 0.15) is 53.0 Å². The van der Waals surface area contributed by atoms with Crippen molar-refractivity contribution in [3.8, 4) is 5.75 Å². The Balaban J connectivity index is 0. The lowest BCUT2D eigenvalue weighted by atomic mass is 9.99. The van der Waals surface area contributed by atoms with Crippen molar-refractivity contribution >= 4 is 40.0 Å². The Hall–Kier alpha value is -2.54. The summed E-state index contributed by atoms with van der Waals surface area (Å²) >= 11 is 1.28. The van der Waals surface area contributed by atoms with E-state index in [2.05, 4.69) is 16.1 Å². The highest BCUT2D eigenvalue weighted by Crippen LogP contribution is 2.27. The fourth-order valence-electron chi connectivity index (χ4n) is 2.27. The molecule has 7 heteroatoms. The molecule has 0 saturated carbocycles. The van der Waals surface area contributed by atoms with Crippen molar-refractivity contribution < 1.29 is 23.9 Å². The van der Waals surface area contributed by atoms with Crippen LogP contribution in [-0.2, 0) is 19.1 Å². The minimum atomic E-state index is -0.0634.